The highest BCUT2D eigenvalue weighted by Crippen LogP contribution is 2.33. The predicted molar refractivity (Wildman–Crippen MR) is 102 cm³/mol. The highest BCUT2D eigenvalue weighted by Gasteiger charge is 2.36. The van der Waals surface area contributed by atoms with Crippen molar-refractivity contribution in [1.82, 2.24) is 14.8 Å². The molecular weight excluding hydrogens is 387 g/mol. The quantitative estimate of drug-likeness (QED) is 0.416. The van der Waals surface area contributed by atoms with Crippen LogP contribution in [0.2, 0.25) is 0 Å². The Morgan fingerprint density at radius 3 is 2.57 bits per heavy atom. The number of halogens is 3. The fourth-order valence-electron chi connectivity index (χ4n) is 2.60. The molecule has 0 N–H and O–H groups in total. The average molecular weight is 401 g/mol. The number of nitrogens with zero attached hydrogens (tertiary/aromatic N) is 3. The van der Waals surface area contributed by atoms with Gasteiger partial charge in [0.15, 0.2) is 5.69 Å². The lowest BCUT2D eigenvalue weighted by Gasteiger charge is -2.07. The highest BCUT2D eigenvalue weighted by atomic mass is 32.1. The number of rotatable bonds is 4. The Balaban J connectivity index is 1.71. The minimum atomic E-state index is -4.56. The van der Waals surface area contributed by atoms with E-state index in [-0.39, 0.29) is 10.8 Å². The third kappa shape index (κ3) is 3.77. The number of alkyl halides is 3. The van der Waals surface area contributed by atoms with Crippen molar-refractivity contribution in [3.8, 4) is 16.4 Å². The Bertz CT molecular complexity index is 1110. The topological polar surface area (TPSA) is 43.9 Å². The second-order valence-electron chi connectivity index (χ2n) is 6.09. The zero-order chi connectivity index (χ0) is 19.7. The number of aryl methyl sites for hydroxylation is 1. The molecule has 0 spiro atoms. The van der Waals surface area contributed by atoms with Crippen LogP contribution in [0.3, 0.4) is 0 Å². The van der Waals surface area contributed by atoms with Crippen LogP contribution < -0.4 is 0 Å². The first kappa shape index (κ1) is 18.2. The van der Waals surface area contributed by atoms with Gasteiger partial charge in [-0.2, -0.15) is 18.3 Å². The smallest absolute Gasteiger partial charge is 0.433 e. The van der Waals surface area contributed by atoms with Gasteiger partial charge in [-0.1, -0.05) is 29.8 Å². The van der Waals surface area contributed by atoms with Crippen molar-refractivity contribution in [3.05, 3.63) is 76.8 Å². The van der Waals surface area contributed by atoms with Crippen molar-refractivity contribution >= 4 is 23.5 Å². The molecule has 3 aromatic heterocycles. The fourth-order valence-corrected chi connectivity index (χ4v) is 3.40. The Hall–Kier alpha value is -3.13. The van der Waals surface area contributed by atoms with Gasteiger partial charge in [0.2, 0.25) is 5.13 Å². The number of hydrogen-bond acceptors (Lipinski definition) is 4. The number of aromatic nitrogens is 3. The second-order valence-corrected chi connectivity index (χ2v) is 6.93. The largest absolute Gasteiger partial charge is 0.465 e. The summed E-state index contributed by atoms with van der Waals surface area (Å²) in [5.41, 5.74) is 1.83. The van der Waals surface area contributed by atoms with Crippen LogP contribution in [-0.2, 0) is 6.18 Å². The van der Waals surface area contributed by atoms with Gasteiger partial charge in [-0.25, -0.2) is 9.67 Å². The lowest BCUT2D eigenvalue weighted by atomic mass is 10.1. The normalized spacial score (nSPS) is 12.1. The molecule has 0 saturated heterocycles. The van der Waals surface area contributed by atoms with Crippen molar-refractivity contribution in [2.45, 2.75) is 13.1 Å². The third-order valence-corrected chi connectivity index (χ3v) is 4.82. The van der Waals surface area contributed by atoms with Gasteiger partial charge >= 0.3 is 6.18 Å². The van der Waals surface area contributed by atoms with Gasteiger partial charge in [-0.15, -0.1) is 11.3 Å². The summed E-state index contributed by atoms with van der Waals surface area (Å²) in [7, 11) is 0. The molecule has 0 bridgehead atoms. The standard InChI is InChI=1S/C20H14F3N3OS/c1-13-4-6-14(7-5-13)17-12-28-19(24-17)26-18(20(21,22)23)11-15(25-26)8-9-16-3-2-10-27-16/h2-12H,1H3/b9-8+. The van der Waals surface area contributed by atoms with Crippen LogP contribution in [0.25, 0.3) is 28.5 Å². The fraction of sp³-hybridized carbons (Fsp3) is 0.100. The molecule has 142 valence electrons. The molecule has 0 atom stereocenters. The SMILES string of the molecule is Cc1ccc(-c2csc(-n3nc(/C=C/c4ccco4)cc3C(F)(F)F)n2)cc1. The lowest BCUT2D eigenvalue weighted by molar-refractivity contribution is -0.142. The summed E-state index contributed by atoms with van der Waals surface area (Å²) in [4.78, 5) is 4.35. The molecule has 0 fully saturated rings. The Morgan fingerprint density at radius 2 is 1.89 bits per heavy atom. The van der Waals surface area contributed by atoms with E-state index in [1.54, 1.807) is 23.6 Å². The molecule has 28 heavy (non-hydrogen) atoms. The Labute approximate surface area is 162 Å². The van der Waals surface area contributed by atoms with Crippen molar-refractivity contribution in [2.24, 2.45) is 0 Å². The summed E-state index contributed by atoms with van der Waals surface area (Å²) in [6, 6.07) is 12.0. The molecule has 0 unspecified atom stereocenters. The summed E-state index contributed by atoms with van der Waals surface area (Å²) >= 11 is 1.11. The maximum absolute atomic E-state index is 13.5. The summed E-state index contributed by atoms with van der Waals surface area (Å²) in [5.74, 6) is 0.527. The number of benzene rings is 1. The van der Waals surface area contributed by atoms with E-state index in [4.69, 9.17) is 4.42 Å². The minimum absolute atomic E-state index is 0.153. The molecule has 8 heteroatoms. The van der Waals surface area contributed by atoms with Gasteiger partial charge in [0.25, 0.3) is 0 Å². The van der Waals surface area contributed by atoms with Crippen LogP contribution in [0.1, 0.15) is 22.7 Å². The van der Waals surface area contributed by atoms with Gasteiger partial charge < -0.3 is 4.42 Å². The molecule has 4 nitrogen and oxygen atoms in total. The molecule has 0 amide bonds. The van der Waals surface area contributed by atoms with Gasteiger partial charge in [-0.3, -0.25) is 0 Å². The molecule has 0 saturated carbocycles. The van der Waals surface area contributed by atoms with Crippen molar-refractivity contribution in [2.75, 3.05) is 0 Å². The molecule has 4 aromatic rings. The molecule has 0 aliphatic heterocycles. The van der Waals surface area contributed by atoms with Crippen LogP contribution in [0.15, 0.2) is 58.5 Å². The second kappa shape index (κ2) is 7.12. The van der Waals surface area contributed by atoms with Gasteiger partial charge in [0, 0.05) is 10.9 Å². The van der Waals surface area contributed by atoms with Crippen molar-refractivity contribution < 1.29 is 17.6 Å². The van der Waals surface area contributed by atoms with Crippen LogP contribution in [0, 0.1) is 6.92 Å². The molecule has 1 aromatic carbocycles. The van der Waals surface area contributed by atoms with Crippen LogP contribution >= 0.6 is 11.3 Å². The van der Waals surface area contributed by atoms with E-state index < -0.39 is 11.9 Å². The zero-order valence-electron chi connectivity index (χ0n) is 14.6. The summed E-state index contributed by atoms with van der Waals surface area (Å²) < 4.78 is 46.5. The van der Waals surface area contributed by atoms with Gasteiger partial charge in [-0.05, 0) is 37.3 Å². The number of hydrogen-bond donors (Lipinski definition) is 0. The van der Waals surface area contributed by atoms with E-state index in [9.17, 15) is 13.2 Å². The third-order valence-electron chi connectivity index (χ3n) is 4.00. The predicted octanol–water partition coefficient (Wildman–Crippen LogP) is 6.09. The van der Waals surface area contributed by atoms with Crippen molar-refractivity contribution in [3.63, 3.8) is 0 Å². The molecule has 4 rings (SSSR count). The molecule has 0 aliphatic carbocycles. The van der Waals surface area contributed by atoms with Crippen molar-refractivity contribution in [1.29, 1.82) is 0 Å². The van der Waals surface area contributed by atoms with E-state index in [1.165, 1.54) is 12.3 Å². The van der Waals surface area contributed by atoms with Crippen LogP contribution in [0.5, 0.6) is 0 Å². The van der Waals surface area contributed by atoms with Crippen LogP contribution in [0.4, 0.5) is 13.2 Å². The molecule has 0 aliphatic rings. The highest BCUT2D eigenvalue weighted by molar-refractivity contribution is 7.12. The molecule has 0 radical (unpaired) electrons. The Kier molecular flexibility index (Phi) is 4.64. The van der Waals surface area contributed by atoms with E-state index >= 15 is 0 Å². The molecular formula is C20H14F3N3OS. The first-order chi connectivity index (χ1) is 13.4. The maximum atomic E-state index is 13.5. The van der Waals surface area contributed by atoms with Crippen LogP contribution in [-0.4, -0.2) is 14.8 Å². The number of furan rings is 1. The molecule has 3 heterocycles. The lowest BCUT2D eigenvalue weighted by Crippen LogP contribution is -2.13. The van der Waals surface area contributed by atoms with E-state index in [0.29, 0.717) is 11.5 Å². The van der Waals surface area contributed by atoms with Gasteiger partial charge in [0.05, 0.1) is 17.7 Å². The van der Waals surface area contributed by atoms with E-state index in [0.717, 1.165) is 33.2 Å². The summed E-state index contributed by atoms with van der Waals surface area (Å²) in [6.45, 7) is 1.97. The average Bonchev–Trinajstić information content (AvgIpc) is 3.39. The monoisotopic (exact) mass is 401 g/mol. The van der Waals surface area contributed by atoms with E-state index in [2.05, 4.69) is 10.1 Å². The minimum Gasteiger partial charge on any atom is -0.465 e. The maximum Gasteiger partial charge on any atom is 0.433 e. The number of thiazole rings is 1. The summed E-state index contributed by atoms with van der Waals surface area (Å²) in [6.07, 6.45) is -0.0352. The zero-order valence-corrected chi connectivity index (χ0v) is 15.5. The first-order valence-corrected chi connectivity index (χ1v) is 9.20. The van der Waals surface area contributed by atoms with Gasteiger partial charge in [0.1, 0.15) is 5.76 Å². The first-order valence-electron chi connectivity index (χ1n) is 8.32. The summed E-state index contributed by atoms with van der Waals surface area (Å²) in [5, 5.41) is 5.96. The Morgan fingerprint density at radius 1 is 1.11 bits per heavy atom. The van der Waals surface area contributed by atoms with E-state index in [1.807, 2.05) is 31.2 Å².